The number of hydrogen-bond donors (Lipinski definition) is 0. The Hall–Kier alpha value is -0.100. The van der Waals surface area contributed by atoms with Crippen LogP contribution in [0.5, 0.6) is 0 Å². The number of carbonyl (C=O) groups excluding carboxylic acids is 1. The predicted octanol–water partition coefficient (Wildman–Crippen LogP) is 10.1. The molecule has 0 aromatic heterocycles. The van der Waals surface area contributed by atoms with Crippen LogP contribution in [0, 0.1) is 0 Å². The molecular formula is C28H59O2P. The van der Waals surface area contributed by atoms with Crippen LogP contribution in [0.1, 0.15) is 150 Å². The summed E-state index contributed by atoms with van der Waals surface area (Å²) in [5.41, 5.74) is 0. The predicted molar refractivity (Wildman–Crippen MR) is 144 cm³/mol. The summed E-state index contributed by atoms with van der Waals surface area (Å²) < 4.78 is 6.86. The Morgan fingerprint density at radius 3 is 1.29 bits per heavy atom. The number of carbonyl (C=O) groups is 1. The molecule has 0 atom stereocenters. The second-order valence-corrected chi connectivity index (χ2v) is 15.9. The summed E-state index contributed by atoms with van der Waals surface area (Å²) in [7, 11) is 0. The van der Waals surface area contributed by atoms with E-state index in [1.54, 1.807) is 0 Å². The second-order valence-electron chi connectivity index (χ2n) is 10.2. The molecule has 0 aliphatic rings. The zero-order chi connectivity index (χ0) is 23.3. The van der Waals surface area contributed by atoms with Crippen LogP contribution in [0.25, 0.3) is 0 Å². The standard InChI is InChI=1S/C28H59O2P/c1-6-11-16-18-20-22-27-31(24-13-8-3,25-14-9-4,26-15-10-5)30-28(29)23-21-19-17-12-7-2/h6-27H2,1-5H3. The molecule has 0 aromatic rings. The molecule has 0 radical (unpaired) electrons. The molecule has 0 aliphatic carbocycles. The molecule has 0 saturated carbocycles. The number of rotatable bonds is 23. The Labute approximate surface area is 197 Å². The van der Waals surface area contributed by atoms with E-state index in [9.17, 15) is 4.79 Å². The van der Waals surface area contributed by atoms with E-state index >= 15 is 0 Å². The van der Waals surface area contributed by atoms with Gasteiger partial charge in [0, 0.05) is 0 Å². The molecule has 0 aromatic carbocycles. The van der Waals surface area contributed by atoms with Gasteiger partial charge in [0.15, 0.2) is 0 Å². The van der Waals surface area contributed by atoms with Gasteiger partial charge in [-0.1, -0.05) is 0 Å². The monoisotopic (exact) mass is 458 g/mol. The van der Waals surface area contributed by atoms with Gasteiger partial charge in [-0.15, -0.1) is 0 Å². The van der Waals surface area contributed by atoms with Crippen molar-refractivity contribution in [3.05, 3.63) is 0 Å². The van der Waals surface area contributed by atoms with Gasteiger partial charge in [0.05, 0.1) is 0 Å². The Morgan fingerprint density at radius 1 is 0.484 bits per heavy atom. The van der Waals surface area contributed by atoms with Crippen LogP contribution in [0.15, 0.2) is 0 Å². The zero-order valence-corrected chi connectivity index (χ0v) is 23.2. The molecule has 188 valence electrons. The first kappa shape index (κ1) is 30.9. The van der Waals surface area contributed by atoms with Crippen LogP contribution in [0.4, 0.5) is 0 Å². The fourth-order valence-corrected chi connectivity index (χ4v) is 11.8. The van der Waals surface area contributed by atoms with Crippen molar-refractivity contribution in [3.63, 3.8) is 0 Å². The van der Waals surface area contributed by atoms with E-state index in [-0.39, 0.29) is 5.97 Å². The fraction of sp³-hybridized carbons (Fsp3) is 0.964. The van der Waals surface area contributed by atoms with Crippen molar-refractivity contribution in [2.24, 2.45) is 0 Å². The van der Waals surface area contributed by atoms with E-state index in [1.165, 1.54) is 127 Å². The summed E-state index contributed by atoms with van der Waals surface area (Å²) in [6, 6.07) is 0. The first-order valence-corrected chi connectivity index (χ1v) is 17.1. The van der Waals surface area contributed by atoms with E-state index in [0.717, 1.165) is 6.42 Å². The SMILES string of the molecule is CCCCCCCCP(CCCC)(CCCC)(CCCC)OC(=O)CCCCCCC. The molecule has 0 spiro atoms. The molecule has 2 nitrogen and oxygen atoms in total. The van der Waals surface area contributed by atoms with Gasteiger partial charge >= 0.3 is 197 Å². The van der Waals surface area contributed by atoms with Crippen LogP contribution >= 0.6 is 6.83 Å². The van der Waals surface area contributed by atoms with E-state index < -0.39 is 6.83 Å². The van der Waals surface area contributed by atoms with E-state index in [4.69, 9.17) is 4.52 Å². The fourth-order valence-electron chi connectivity index (χ4n) is 5.03. The van der Waals surface area contributed by atoms with Gasteiger partial charge in [-0.05, 0) is 0 Å². The molecular weight excluding hydrogens is 399 g/mol. The molecule has 3 heteroatoms. The third kappa shape index (κ3) is 13.9. The van der Waals surface area contributed by atoms with E-state index in [2.05, 4.69) is 34.6 Å². The molecule has 0 heterocycles. The van der Waals surface area contributed by atoms with Crippen molar-refractivity contribution < 1.29 is 9.32 Å². The topological polar surface area (TPSA) is 26.3 Å². The van der Waals surface area contributed by atoms with Crippen molar-refractivity contribution in [1.29, 1.82) is 0 Å². The molecule has 0 fully saturated rings. The van der Waals surface area contributed by atoms with Crippen LogP contribution in [-0.4, -0.2) is 30.6 Å². The van der Waals surface area contributed by atoms with Gasteiger partial charge in [-0.3, -0.25) is 0 Å². The Morgan fingerprint density at radius 2 is 0.839 bits per heavy atom. The number of hydrogen-bond acceptors (Lipinski definition) is 2. The van der Waals surface area contributed by atoms with Crippen molar-refractivity contribution in [1.82, 2.24) is 0 Å². The first-order chi connectivity index (χ1) is 15.0. The van der Waals surface area contributed by atoms with Gasteiger partial charge in [0.2, 0.25) is 0 Å². The van der Waals surface area contributed by atoms with Gasteiger partial charge < -0.3 is 0 Å². The van der Waals surface area contributed by atoms with Crippen LogP contribution in [0.3, 0.4) is 0 Å². The van der Waals surface area contributed by atoms with Gasteiger partial charge in [-0.25, -0.2) is 0 Å². The minimum absolute atomic E-state index is 0.142. The third-order valence-corrected chi connectivity index (χ3v) is 13.7. The van der Waals surface area contributed by atoms with Crippen molar-refractivity contribution in [2.75, 3.05) is 24.6 Å². The van der Waals surface area contributed by atoms with Crippen LogP contribution < -0.4 is 0 Å². The normalized spacial score (nSPS) is 13.1. The van der Waals surface area contributed by atoms with E-state index in [1.807, 2.05) is 0 Å². The van der Waals surface area contributed by atoms with Crippen molar-refractivity contribution in [3.8, 4) is 0 Å². The molecule has 31 heavy (non-hydrogen) atoms. The molecule has 0 unspecified atom stereocenters. The first-order valence-electron chi connectivity index (χ1n) is 14.2. The van der Waals surface area contributed by atoms with Gasteiger partial charge in [0.1, 0.15) is 0 Å². The van der Waals surface area contributed by atoms with Gasteiger partial charge in [0.25, 0.3) is 0 Å². The van der Waals surface area contributed by atoms with Crippen LogP contribution in [0.2, 0.25) is 0 Å². The zero-order valence-electron chi connectivity index (χ0n) is 22.3. The number of unbranched alkanes of at least 4 members (excludes halogenated alkanes) is 12. The van der Waals surface area contributed by atoms with Gasteiger partial charge in [-0.2, -0.15) is 0 Å². The van der Waals surface area contributed by atoms with Crippen LogP contribution in [-0.2, 0) is 9.32 Å². The quantitative estimate of drug-likeness (QED) is 0.112. The summed E-state index contributed by atoms with van der Waals surface area (Å²) in [6.45, 7) is 8.96. The molecule has 0 amide bonds. The third-order valence-electron chi connectivity index (χ3n) is 7.15. The van der Waals surface area contributed by atoms with Crippen molar-refractivity contribution >= 4 is 12.8 Å². The summed E-state index contributed by atoms with van der Waals surface area (Å²) in [5, 5.41) is 0. The molecule has 0 aliphatic heterocycles. The minimum atomic E-state index is -2.46. The summed E-state index contributed by atoms with van der Waals surface area (Å²) in [4.78, 5) is 13.2. The maximum absolute atomic E-state index is 13.2. The average Bonchev–Trinajstić information content (AvgIpc) is 2.77. The second kappa shape index (κ2) is 19.4. The van der Waals surface area contributed by atoms with Crippen molar-refractivity contribution in [2.45, 2.75) is 150 Å². The summed E-state index contributed by atoms with van der Waals surface area (Å²) >= 11 is 0. The average molecular weight is 459 g/mol. The summed E-state index contributed by atoms with van der Waals surface area (Å²) in [5.74, 6) is 0.142. The van der Waals surface area contributed by atoms with E-state index in [0.29, 0.717) is 6.42 Å². The summed E-state index contributed by atoms with van der Waals surface area (Å²) in [6.07, 6.45) is 26.7. The Kier molecular flexibility index (Phi) is 19.3. The molecule has 0 bridgehead atoms. The molecule has 0 rings (SSSR count). The molecule has 0 N–H and O–H groups in total. The molecule has 0 saturated heterocycles. The Balaban J connectivity index is 5.38. The Bertz CT molecular complexity index is 397. The maximum atomic E-state index is 13.2.